The number of nitrogens with one attached hydrogen (secondary N) is 1. The van der Waals surface area contributed by atoms with Crippen LogP contribution in [0.3, 0.4) is 0 Å². The topological polar surface area (TPSA) is 35.5 Å². The fraction of sp³-hybridized carbons (Fsp3) is 1.00. The molecule has 3 heteroatoms. The molecule has 0 aliphatic heterocycles. The number of aliphatic hydroxyl groups excluding tert-OH is 1. The average Bonchev–Trinajstić information content (AvgIpc) is 2.76. The second-order valence-electron chi connectivity index (χ2n) is 8.51. The Bertz CT molecular complexity index is 311. The molecule has 1 aliphatic carbocycles. The van der Waals surface area contributed by atoms with E-state index in [4.69, 9.17) is 0 Å². The summed E-state index contributed by atoms with van der Waals surface area (Å²) in [5.74, 6) is 0.597. The zero-order valence-electron chi connectivity index (χ0n) is 15.4. The van der Waals surface area contributed by atoms with Gasteiger partial charge >= 0.3 is 0 Å². The van der Waals surface area contributed by atoms with Crippen LogP contribution in [0.1, 0.15) is 67.2 Å². The highest BCUT2D eigenvalue weighted by Gasteiger charge is 2.42. The van der Waals surface area contributed by atoms with E-state index in [9.17, 15) is 5.11 Å². The molecule has 1 fully saturated rings. The van der Waals surface area contributed by atoms with E-state index in [-0.39, 0.29) is 12.1 Å². The second-order valence-corrected chi connectivity index (χ2v) is 8.51. The Labute approximate surface area is 132 Å². The number of aliphatic hydroxyl groups is 1. The summed E-state index contributed by atoms with van der Waals surface area (Å²) in [7, 11) is 2.24. The van der Waals surface area contributed by atoms with Crippen molar-refractivity contribution >= 4 is 0 Å². The highest BCUT2D eigenvalue weighted by molar-refractivity contribution is 5.00. The van der Waals surface area contributed by atoms with Crippen molar-refractivity contribution in [1.29, 1.82) is 0 Å². The molecule has 0 saturated heterocycles. The molecule has 0 aromatic rings. The Balaban J connectivity index is 2.61. The van der Waals surface area contributed by atoms with Crippen molar-refractivity contribution in [3.63, 3.8) is 0 Å². The Hall–Kier alpha value is -0.120. The van der Waals surface area contributed by atoms with Gasteiger partial charge in [0.25, 0.3) is 0 Å². The van der Waals surface area contributed by atoms with E-state index < -0.39 is 0 Å². The van der Waals surface area contributed by atoms with Gasteiger partial charge in [0.2, 0.25) is 0 Å². The van der Waals surface area contributed by atoms with Gasteiger partial charge < -0.3 is 15.3 Å². The molecule has 1 rings (SSSR count). The fourth-order valence-corrected chi connectivity index (χ4v) is 3.80. The van der Waals surface area contributed by atoms with Crippen molar-refractivity contribution in [2.24, 2.45) is 11.3 Å². The standard InChI is InChI=1S/C18H38N2O/c1-14(2)19-18(13-21)11-8-9-16(18)10-12-20(7)15(3)17(4,5)6/h14-16,19,21H,8-13H2,1-7H3. The van der Waals surface area contributed by atoms with Gasteiger partial charge in [-0.05, 0) is 51.1 Å². The smallest absolute Gasteiger partial charge is 0.0616 e. The van der Waals surface area contributed by atoms with E-state index in [1.165, 1.54) is 19.3 Å². The third-order valence-electron chi connectivity index (χ3n) is 5.56. The molecule has 0 aromatic carbocycles. The van der Waals surface area contributed by atoms with E-state index in [0.717, 1.165) is 13.0 Å². The molecular weight excluding hydrogens is 260 g/mol. The van der Waals surface area contributed by atoms with Crippen LogP contribution in [-0.2, 0) is 0 Å². The Morgan fingerprint density at radius 3 is 2.38 bits per heavy atom. The van der Waals surface area contributed by atoms with Crippen LogP contribution in [-0.4, -0.2) is 47.8 Å². The minimum absolute atomic E-state index is 0.0417. The lowest BCUT2D eigenvalue weighted by Gasteiger charge is -2.40. The summed E-state index contributed by atoms with van der Waals surface area (Å²) >= 11 is 0. The third-order valence-corrected chi connectivity index (χ3v) is 5.56. The Kier molecular flexibility index (Phi) is 6.70. The van der Waals surface area contributed by atoms with Gasteiger partial charge in [-0.25, -0.2) is 0 Å². The van der Waals surface area contributed by atoms with Gasteiger partial charge in [0.15, 0.2) is 0 Å². The highest BCUT2D eigenvalue weighted by atomic mass is 16.3. The predicted octanol–water partition coefficient (Wildman–Crippen LogP) is 3.27. The van der Waals surface area contributed by atoms with E-state index in [1.807, 2.05) is 0 Å². The van der Waals surface area contributed by atoms with Crippen LogP contribution in [0.4, 0.5) is 0 Å². The molecule has 0 radical (unpaired) electrons. The van der Waals surface area contributed by atoms with Gasteiger partial charge in [-0.3, -0.25) is 0 Å². The minimum atomic E-state index is -0.0417. The zero-order chi connectivity index (χ0) is 16.3. The lowest BCUT2D eigenvalue weighted by atomic mass is 9.83. The molecule has 0 aromatic heterocycles. The maximum absolute atomic E-state index is 9.96. The number of hydrogen-bond acceptors (Lipinski definition) is 3. The Morgan fingerprint density at radius 2 is 1.90 bits per heavy atom. The molecule has 1 aliphatic rings. The van der Waals surface area contributed by atoms with Crippen molar-refractivity contribution in [2.45, 2.75) is 84.8 Å². The predicted molar refractivity (Wildman–Crippen MR) is 91.6 cm³/mol. The van der Waals surface area contributed by atoms with Crippen molar-refractivity contribution in [3.8, 4) is 0 Å². The highest BCUT2D eigenvalue weighted by Crippen LogP contribution is 2.38. The maximum atomic E-state index is 9.96. The summed E-state index contributed by atoms with van der Waals surface area (Å²) in [5, 5.41) is 13.6. The van der Waals surface area contributed by atoms with Crippen LogP contribution in [0.5, 0.6) is 0 Å². The summed E-state index contributed by atoms with van der Waals surface area (Å²) in [6, 6.07) is 1.00. The lowest BCUT2D eigenvalue weighted by molar-refractivity contribution is 0.0899. The Morgan fingerprint density at radius 1 is 1.29 bits per heavy atom. The second kappa shape index (κ2) is 7.43. The molecule has 21 heavy (non-hydrogen) atoms. The molecule has 3 unspecified atom stereocenters. The first-order valence-electron chi connectivity index (χ1n) is 8.71. The first kappa shape index (κ1) is 18.9. The molecule has 3 nitrogen and oxygen atoms in total. The van der Waals surface area contributed by atoms with Crippen LogP contribution < -0.4 is 5.32 Å². The number of rotatable bonds is 7. The fourth-order valence-electron chi connectivity index (χ4n) is 3.80. The monoisotopic (exact) mass is 298 g/mol. The van der Waals surface area contributed by atoms with Crippen LogP contribution in [0, 0.1) is 11.3 Å². The summed E-state index contributed by atoms with van der Waals surface area (Å²) < 4.78 is 0. The van der Waals surface area contributed by atoms with E-state index >= 15 is 0 Å². The molecule has 126 valence electrons. The summed E-state index contributed by atoms with van der Waals surface area (Å²) in [4.78, 5) is 2.48. The summed E-state index contributed by atoms with van der Waals surface area (Å²) in [5.41, 5.74) is 0.272. The zero-order valence-corrected chi connectivity index (χ0v) is 15.4. The van der Waals surface area contributed by atoms with Gasteiger partial charge in [0.05, 0.1) is 6.61 Å². The molecule has 0 spiro atoms. The van der Waals surface area contributed by atoms with Crippen LogP contribution >= 0.6 is 0 Å². The van der Waals surface area contributed by atoms with Gasteiger partial charge in [-0.2, -0.15) is 0 Å². The molecule has 0 bridgehead atoms. The van der Waals surface area contributed by atoms with Crippen LogP contribution in [0.15, 0.2) is 0 Å². The van der Waals surface area contributed by atoms with E-state index in [2.05, 4.69) is 58.8 Å². The van der Waals surface area contributed by atoms with Gasteiger partial charge in [0.1, 0.15) is 0 Å². The minimum Gasteiger partial charge on any atom is -0.394 e. The van der Waals surface area contributed by atoms with Gasteiger partial charge in [-0.15, -0.1) is 0 Å². The lowest BCUT2D eigenvalue weighted by Crippen LogP contribution is -2.54. The van der Waals surface area contributed by atoms with Crippen molar-refractivity contribution in [1.82, 2.24) is 10.2 Å². The molecule has 2 N–H and O–H groups in total. The third kappa shape index (κ3) is 4.94. The van der Waals surface area contributed by atoms with E-state index in [0.29, 0.717) is 23.4 Å². The van der Waals surface area contributed by atoms with Crippen molar-refractivity contribution in [3.05, 3.63) is 0 Å². The number of nitrogens with zero attached hydrogens (tertiary/aromatic N) is 1. The van der Waals surface area contributed by atoms with Crippen LogP contribution in [0.25, 0.3) is 0 Å². The SMILES string of the molecule is CC(C)NC1(CO)CCCC1CCN(C)C(C)C(C)(C)C. The largest absolute Gasteiger partial charge is 0.394 e. The molecular formula is C18H38N2O. The van der Waals surface area contributed by atoms with Gasteiger partial charge in [0, 0.05) is 17.6 Å². The van der Waals surface area contributed by atoms with Crippen molar-refractivity contribution < 1.29 is 5.11 Å². The van der Waals surface area contributed by atoms with E-state index in [1.54, 1.807) is 0 Å². The maximum Gasteiger partial charge on any atom is 0.0616 e. The van der Waals surface area contributed by atoms with Gasteiger partial charge in [-0.1, -0.05) is 41.0 Å². The normalized spacial score (nSPS) is 28.6. The first-order valence-corrected chi connectivity index (χ1v) is 8.71. The first-order chi connectivity index (χ1) is 9.62. The average molecular weight is 299 g/mol. The number of hydrogen-bond donors (Lipinski definition) is 2. The summed E-state index contributed by atoms with van der Waals surface area (Å²) in [6.07, 6.45) is 4.78. The quantitative estimate of drug-likeness (QED) is 0.757. The van der Waals surface area contributed by atoms with Crippen LogP contribution in [0.2, 0.25) is 0 Å². The van der Waals surface area contributed by atoms with Crippen molar-refractivity contribution in [2.75, 3.05) is 20.2 Å². The molecule has 3 atom stereocenters. The molecule has 0 amide bonds. The summed E-state index contributed by atoms with van der Waals surface area (Å²) in [6.45, 7) is 15.0. The molecule has 0 heterocycles. The molecule has 1 saturated carbocycles.